The topological polar surface area (TPSA) is 52.7 Å². The van der Waals surface area contributed by atoms with Crippen molar-refractivity contribution in [1.29, 1.82) is 0 Å². The molecule has 8 heteroatoms. The van der Waals surface area contributed by atoms with E-state index in [1.807, 2.05) is 19.1 Å². The average molecular weight is 420 g/mol. The van der Waals surface area contributed by atoms with E-state index in [1.54, 1.807) is 17.0 Å². The molecule has 1 atom stereocenters. The summed E-state index contributed by atoms with van der Waals surface area (Å²) in [6, 6.07) is 11.8. The van der Waals surface area contributed by atoms with E-state index in [0.29, 0.717) is 28.9 Å². The molecule has 5 nitrogen and oxygen atoms in total. The molecular formula is C20H19ClFN3O2S. The van der Waals surface area contributed by atoms with Gasteiger partial charge in [-0.25, -0.2) is 9.29 Å². The van der Waals surface area contributed by atoms with E-state index in [-0.39, 0.29) is 18.2 Å². The number of hydrogen-bond acceptors (Lipinski definition) is 3. The molecule has 0 unspecified atom stereocenters. The van der Waals surface area contributed by atoms with Gasteiger partial charge in [0.15, 0.2) is 5.11 Å². The van der Waals surface area contributed by atoms with Gasteiger partial charge in [-0.15, -0.1) is 0 Å². The van der Waals surface area contributed by atoms with Crippen LogP contribution < -0.4 is 10.2 Å². The zero-order valence-electron chi connectivity index (χ0n) is 15.2. The van der Waals surface area contributed by atoms with Gasteiger partial charge in [-0.05, 0) is 61.1 Å². The number of carbonyl (C=O) groups excluding carboxylic acids is 2. The van der Waals surface area contributed by atoms with Crippen LogP contribution in [-0.4, -0.2) is 34.4 Å². The largest absolute Gasteiger partial charge is 0.363 e. The monoisotopic (exact) mass is 419 g/mol. The summed E-state index contributed by atoms with van der Waals surface area (Å²) in [6.07, 6.45) is -0.00463. The Labute approximate surface area is 173 Å². The molecule has 1 fully saturated rings. The lowest BCUT2D eigenvalue weighted by Crippen LogP contribution is -2.49. The maximum absolute atomic E-state index is 13.2. The zero-order valence-corrected chi connectivity index (χ0v) is 16.8. The molecule has 28 heavy (non-hydrogen) atoms. The highest BCUT2D eigenvalue weighted by molar-refractivity contribution is 7.80. The molecule has 2 amide bonds. The van der Waals surface area contributed by atoms with Crippen molar-refractivity contribution in [2.24, 2.45) is 0 Å². The third-order valence-corrected chi connectivity index (χ3v) is 5.07. The van der Waals surface area contributed by atoms with Gasteiger partial charge >= 0.3 is 0 Å². The van der Waals surface area contributed by atoms with E-state index in [1.165, 1.54) is 24.3 Å². The Bertz CT molecular complexity index is 889. The van der Waals surface area contributed by atoms with Crippen LogP contribution in [0, 0.1) is 5.82 Å². The van der Waals surface area contributed by atoms with Crippen LogP contribution in [0.1, 0.15) is 18.9 Å². The summed E-state index contributed by atoms with van der Waals surface area (Å²) in [5.74, 6) is -1.16. The second-order valence-electron chi connectivity index (χ2n) is 6.35. The number of benzene rings is 2. The Morgan fingerprint density at radius 3 is 2.46 bits per heavy atom. The first-order valence-electron chi connectivity index (χ1n) is 8.82. The number of thiocarbonyl (C=S) groups is 1. The molecule has 1 saturated heterocycles. The van der Waals surface area contributed by atoms with Crippen molar-refractivity contribution in [1.82, 2.24) is 10.2 Å². The summed E-state index contributed by atoms with van der Waals surface area (Å²) in [4.78, 5) is 28.4. The Kier molecular flexibility index (Phi) is 6.26. The van der Waals surface area contributed by atoms with E-state index in [4.69, 9.17) is 23.8 Å². The molecule has 1 aliphatic heterocycles. The number of halogens is 2. The summed E-state index contributed by atoms with van der Waals surface area (Å²) in [6.45, 7) is 2.84. The van der Waals surface area contributed by atoms with Crippen LogP contribution >= 0.6 is 23.8 Å². The molecule has 1 N–H and O–H groups in total. The third-order valence-electron chi connectivity index (χ3n) is 4.44. The van der Waals surface area contributed by atoms with Crippen LogP contribution in [0.2, 0.25) is 5.02 Å². The minimum Gasteiger partial charge on any atom is -0.363 e. The Hall–Kier alpha value is -2.51. The van der Waals surface area contributed by atoms with Crippen molar-refractivity contribution in [2.45, 2.75) is 25.9 Å². The van der Waals surface area contributed by atoms with Gasteiger partial charge in [0.1, 0.15) is 11.9 Å². The number of anilines is 1. The van der Waals surface area contributed by atoms with Crippen molar-refractivity contribution < 1.29 is 14.0 Å². The molecule has 1 heterocycles. The Morgan fingerprint density at radius 1 is 1.21 bits per heavy atom. The van der Waals surface area contributed by atoms with Gasteiger partial charge in [0.05, 0.1) is 12.1 Å². The van der Waals surface area contributed by atoms with Gasteiger partial charge in [0.2, 0.25) is 5.91 Å². The van der Waals surface area contributed by atoms with Crippen LogP contribution in [0.25, 0.3) is 0 Å². The highest BCUT2D eigenvalue weighted by atomic mass is 35.5. The minimum absolute atomic E-state index is 0.00463. The molecular weight excluding hydrogens is 401 g/mol. The second kappa shape index (κ2) is 8.67. The number of nitrogens with one attached hydrogen (secondary N) is 1. The molecule has 0 radical (unpaired) electrons. The van der Waals surface area contributed by atoms with Gasteiger partial charge in [0.25, 0.3) is 5.91 Å². The summed E-state index contributed by atoms with van der Waals surface area (Å²) in [5, 5.41) is 4.05. The van der Waals surface area contributed by atoms with Crippen molar-refractivity contribution in [3.05, 3.63) is 64.9 Å². The van der Waals surface area contributed by atoms with Gasteiger partial charge in [-0.1, -0.05) is 23.7 Å². The summed E-state index contributed by atoms with van der Waals surface area (Å²) < 4.78 is 13.2. The number of rotatable bonds is 5. The van der Waals surface area contributed by atoms with Crippen LogP contribution in [0.3, 0.4) is 0 Å². The van der Waals surface area contributed by atoms with E-state index in [0.717, 1.165) is 10.5 Å². The van der Waals surface area contributed by atoms with Crippen molar-refractivity contribution in [3.63, 3.8) is 0 Å². The first kappa shape index (κ1) is 20.2. The average Bonchev–Trinajstić information content (AvgIpc) is 2.96. The fraction of sp³-hybridized carbons (Fsp3) is 0.250. The van der Waals surface area contributed by atoms with Crippen molar-refractivity contribution in [2.75, 3.05) is 11.4 Å². The lowest BCUT2D eigenvalue weighted by molar-refractivity contribution is -0.122. The number of imide groups is 1. The highest BCUT2D eigenvalue weighted by Crippen LogP contribution is 2.27. The SMILES string of the molecule is CCNC(=S)N(Cc1ccc(Cl)cc1)[C@H]1CC(=O)N(c2ccc(F)cc2)C1=O. The third kappa shape index (κ3) is 4.31. The number of hydrogen-bond donors (Lipinski definition) is 1. The molecule has 0 bridgehead atoms. The van der Waals surface area contributed by atoms with Gasteiger partial charge in [-0.3, -0.25) is 9.59 Å². The zero-order chi connectivity index (χ0) is 20.3. The van der Waals surface area contributed by atoms with Gasteiger partial charge in [0, 0.05) is 18.1 Å². The predicted octanol–water partition coefficient (Wildman–Crippen LogP) is 3.51. The molecule has 2 aromatic carbocycles. The first-order chi connectivity index (χ1) is 13.4. The van der Waals surface area contributed by atoms with E-state index in [9.17, 15) is 14.0 Å². The standard InChI is InChI=1S/C20H19ClFN3O2S/c1-2-23-20(28)24(12-13-3-5-14(21)6-4-13)17-11-18(26)25(19(17)27)16-9-7-15(22)8-10-16/h3-10,17H,2,11-12H2,1H3,(H,23,28)/t17-/m0/s1. The summed E-state index contributed by atoms with van der Waals surface area (Å²) in [7, 11) is 0. The lowest BCUT2D eigenvalue weighted by Gasteiger charge is -2.30. The molecule has 146 valence electrons. The fourth-order valence-electron chi connectivity index (χ4n) is 3.08. The van der Waals surface area contributed by atoms with E-state index < -0.39 is 11.9 Å². The lowest BCUT2D eigenvalue weighted by atomic mass is 10.1. The summed E-state index contributed by atoms with van der Waals surface area (Å²) in [5.41, 5.74) is 1.25. The van der Waals surface area contributed by atoms with Crippen LogP contribution in [0.4, 0.5) is 10.1 Å². The fourth-order valence-corrected chi connectivity index (χ4v) is 3.55. The Balaban J connectivity index is 1.88. The predicted molar refractivity (Wildman–Crippen MR) is 111 cm³/mol. The van der Waals surface area contributed by atoms with E-state index >= 15 is 0 Å². The van der Waals surface area contributed by atoms with Crippen LogP contribution in [0.15, 0.2) is 48.5 Å². The maximum atomic E-state index is 13.2. The Morgan fingerprint density at radius 2 is 1.86 bits per heavy atom. The van der Waals surface area contributed by atoms with Crippen LogP contribution in [0.5, 0.6) is 0 Å². The number of carbonyl (C=O) groups is 2. The van der Waals surface area contributed by atoms with Gasteiger partial charge in [-0.2, -0.15) is 0 Å². The molecule has 0 spiro atoms. The molecule has 0 aliphatic carbocycles. The molecule has 2 aromatic rings. The van der Waals surface area contributed by atoms with E-state index in [2.05, 4.69) is 5.32 Å². The number of nitrogens with zero attached hydrogens (tertiary/aromatic N) is 2. The molecule has 0 saturated carbocycles. The summed E-state index contributed by atoms with van der Waals surface area (Å²) >= 11 is 11.4. The quantitative estimate of drug-likeness (QED) is 0.593. The first-order valence-corrected chi connectivity index (χ1v) is 9.60. The maximum Gasteiger partial charge on any atom is 0.257 e. The van der Waals surface area contributed by atoms with Crippen molar-refractivity contribution in [3.8, 4) is 0 Å². The van der Waals surface area contributed by atoms with Crippen molar-refractivity contribution >= 4 is 46.4 Å². The second-order valence-corrected chi connectivity index (χ2v) is 7.18. The molecule has 0 aromatic heterocycles. The minimum atomic E-state index is -0.736. The molecule has 1 aliphatic rings. The van der Waals surface area contributed by atoms with Crippen LogP contribution in [-0.2, 0) is 16.1 Å². The smallest absolute Gasteiger partial charge is 0.257 e. The van der Waals surface area contributed by atoms with Gasteiger partial charge < -0.3 is 10.2 Å². The normalized spacial score (nSPS) is 16.4. The highest BCUT2D eigenvalue weighted by Gasteiger charge is 2.43. The number of amides is 2. The molecule has 3 rings (SSSR count).